The predicted molar refractivity (Wildman–Crippen MR) is 96.4 cm³/mol. The summed E-state index contributed by atoms with van der Waals surface area (Å²) in [5.74, 6) is 0.896. The Morgan fingerprint density at radius 1 is 1.20 bits per heavy atom. The lowest BCUT2D eigenvalue weighted by molar-refractivity contribution is -0.0370. The van der Waals surface area contributed by atoms with Gasteiger partial charge in [-0.3, -0.25) is 14.8 Å². The van der Waals surface area contributed by atoms with E-state index in [4.69, 9.17) is 9.47 Å². The van der Waals surface area contributed by atoms with Gasteiger partial charge in [0, 0.05) is 38.4 Å². The summed E-state index contributed by atoms with van der Waals surface area (Å²) >= 11 is 0. The minimum absolute atomic E-state index is 0.349. The first-order valence-corrected chi connectivity index (χ1v) is 8.94. The summed E-state index contributed by atoms with van der Waals surface area (Å²) in [6, 6.07) is 14.8. The first-order valence-electron chi connectivity index (χ1n) is 8.94. The Labute approximate surface area is 149 Å². The van der Waals surface area contributed by atoms with Crippen molar-refractivity contribution in [1.82, 2.24) is 14.8 Å². The van der Waals surface area contributed by atoms with Crippen LogP contribution in [0.2, 0.25) is 0 Å². The van der Waals surface area contributed by atoms with Crippen LogP contribution in [0.5, 0.6) is 5.75 Å². The lowest BCUT2D eigenvalue weighted by Crippen LogP contribution is -2.48. The highest BCUT2D eigenvalue weighted by Crippen LogP contribution is 2.24. The van der Waals surface area contributed by atoms with E-state index < -0.39 is 0 Å². The van der Waals surface area contributed by atoms with Gasteiger partial charge in [-0.15, -0.1) is 0 Å². The van der Waals surface area contributed by atoms with Crippen LogP contribution in [-0.4, -0.2) is 60.2 Å². The first kappa shape index (κ1) is 16.5. The second-order valence-electron chi connectivity index (χ2n) is 6.91. The molecule has 5 nitrogen and oxygen atoms in total. The zero-order valence-electron chi connectivity index (χ0n) is 14.7. The van der Waals surface area contributed by atoms with Crippen molar-refractivity contribution in [1.29, 1.82) is 0 Å². The van der Waals surface area contributed by atoms with Crippen LogP contribution in [0.3, 0.4) is 0 Å². The van der Waals surface area contributed by atoms with Crippen molar-refractivity contribution in [3.63, 3.8) is 0 Å². The minimum atomic E-state index is 0.349. The number of morpholine rings is 1. The van der Waals surface area contributed by atoms with E-state index in [2.05, 4.69) is 40.0 Å². The van der Waals surface area contributed by atoms with Crippen molar-refractivity contribution in [2.75, 3.05) is 33.3 Å². The van der Waals surface area contributed by atoms with Gasteiger partial charge in [0.15, 0.2) is 0 Å². The van der Waals surface area contributed by atoms with Gasteiger partial charge in [-0.1, -0.05) is 18.2 Å². The second-order valence-corrected chi connectivity index (χ2v) is 6.91. The molecule has 132 valence electrons. The fraction of sp³-hybridized carbons (Fsp3) is 0.450. The normalized spacial score (nSPS) is 24.2. The van der Waals surface area contributed by atoms with Gasteiger partial charge >= 0.3 is 0 Å². The predicted octanol–water partition coefficient (Wildman–Crippen LogP) is 2.18. The van der Waals surface area contributed by atoms with Crippen molar-refractivity contribution in [2.45, 2.75) is 25.3 Å². The molecule has 2 aromatic rings. The van der Waals surface area contributed by atoms with E-state index in [-0.39, 0.29) is 0 Å². The van der Waals surface area contributed by atoms with Crippen LogP contribution in [0, 0.1) is 0 Å². The lowest BCUT2D eigenvalue weighted by atomic mass is 10.1. The van der Waals surface area contributed by atoms with Gasteiger partial charge in [0.05, 0.1) is 18.4 Å². The molecule has 0 unspecified atom stereocenters. The topological polar surface area (TPSA) is 37.8 Å². The maximum Gasteiger partial charge on any atom is 0.130 e. The monoisotopic (exact) mass is 339 g/mol. The van der Waals surface area contributed by atoms with Crippen LogP contribution >= 0.6 is 0 Å². The smallest absolute Gasteiger partial charge is 0.130 e. The summed E-state index contributed by atoms with van der Waals surface area (Å²) in [6.07, 6.45) is 2.14. The highest BCUT2D eigenvalue weighted by atomic mass is 16.5. The largest absolute Gasteiger partial charge is 0.487 e. The molecule has 2 atom stereocenters. The van der Waals surface area contributed by atoms with Crippen molar-refractivity contribution in [3.05, 3.63) is 59.9 Å². The number of aromatic nitrogens is 1. The quantitative estimate of drug-likeness (QED) is 0.835. The minimum Gasteiger partial charge on any atom is -0.487 e. The fourth-order valence-electron chi connectivity index (χ4n) is 3.70. The van der Waals surface area contributed by atoms with Crippen LogP contribution < -0.4 is 4.74 Å². The zero-order chi connectivity index (χ0) is 17.1. The van der Waals surface area contributed by atoms with E-state index in [0.717, 1.165) is 44.2 Å². The molecule has 2 aliphatic heterocycles. The molecule has 0 radical (unpaired) electrons. The summed E-state index contributed by atoms with van der Waals surface area (Å²) in [4.78, 5) is 9.21. The summed E-state index contributed by atoms with van der Waals surface area (Å²) in [7, 11) is 2.20. The highest BCUT2D eigenvalue weighted by molar-refractivity contribution is 5.29. The number of benzene rings is 1. The standard InChI is InChI=1S/C20H25N3O2/c1-22-9-10-24-20-14-23(13-19(20)22)12-16-5-4-7-18(11-16)25-15-17-6-2-3-8-21-17/h2-8,11,19-20H,9-10,12-15H2,1H3/t19-,20-/m0/s1. The molecule has 0 bridgehead atoms. The molecular weight excluding hydrogens is 314 g/mol. The second kappa shape index (κ2) is 7.52. The van der Waals surface area contributed by atoms with E-state index in [1.165, 1.54) is 5.56 Å². The molecule has 1 aromatic heterocycles. The van der Waals surface area contributed by atoms with E-state index in [1.54, 1.807) is 6.20 Å². The highest BCUT2D eigenvalue weighted by Gasteiger charge is 2.38. The molecule has 5 heteroatoms. The van der Waals surface area contributed by atoms with Crippen molar-refractivity contribution in [3.8, 4) is 5.75 Å². The third-order valence-electron chi connectivity index (χ3n) is 5.07. The maximum absolute atomic E-state index is 5.94. The number of nitrogens with zero attached hydrogens (tertiary/aromatic N) is 3. The molecule has 2 aliphatic rings. The number of hydrogen-bond donors (Lipinski definition) is 0. The Balaban J connectivity index is 1.35. The Hall–Kier alpha value is -1.95. The molecule has 0 amide bonds. The molecule has 0 N–H and O–H groups in total. The summed E-state index contributed by atoms with van der Waals surface area (Å²) in [6.45, 7) is 5.39. The van der Waals surface area contributed by atoms with Crippen LogP contribution in [0.15, 0.2) is 48.7 Å². The van der Waals surface area contributed by atoms with E-state index in [1.807, 2.05) is 24.3 Å². The Morgan fingerprint density at radius 3 is 3.00 bits per heavy atom. The molecule has 1 aromatic carbocycles. The molecule has 0 saturated carbocycles. The SMILES string of the molecule is CN1CCO[C@H]2CN(Cc3cccc(OCc4ccccn4)c3)C[C@@H]21. The number of fused-ring (bicyclic) bond motifs is 1. The maximum atomic E-state index is 5.94. The van der Waals surface area contributed by atoms with Gasteiger partial charge in [-0.25, -0.2) is 0 Å². The molecule has 3 heterocycles. The molecule has 2 saturated heterocycles. The van der Waals surface area contributed by atoms with Crippen molar-refractivity contribution < 1.29 is 9.47 Å². The number of likely N-dealkylation sites (N-methyl/N-ethyl adjacent to an activating group) is 1. The van der Waals surface area contributed by atoms with Gasteiger partial charge in [-0.2, -0.15) is 0 Å². The summed E-state index contributed by atoms with van der Waals surface area (Å²) in [5.41, 5.74) is 2.22. The average molecular weight is 339 g/mol. The Morgan fingerprint density at radius 2 is 2.16 bits per heavy atom. The van der Waals surface area contributed by atoms with Crippen LogP contribution in [-0.2, 0) is 17.9 Å². The molecule has 25 heavy (non-hydrogen) atoms. The van der Waals surface area contributed by atoms with E-state index >= 15 is 0 Å². The zero-order valence-corrected chi connectivity index (χ0v) is 14.7. The van der Waals surface area contributed by atoms with Crippen LogP contribution in [0.1, 0.15) is 11.3 Å². The third kappa shape index (κ3) is 4.00. The van der Waals surface area contributed by atoms with Crippen molar-refractivity contribution >= 4 is 0 Å². The van der Waals surface area contributed by atoms with Gasteiger partial charge in [0.1, 0.15) is 12.4 Å². The molecular formula is C20H25N3O2. The van der Waals surface area contributed by atoms with E-state index in [9.17, 15) is 0 Å². The fourth-order valence-corrected chi connectivity index (χ4v) is 3.70. The number of pyridine rings is 1. The molecule has 0 aliphatic carbocycles. The van der Waals surface area contributed by atoms with Crippen LogP contribution in [0.4, 0.5) is 0 Å². The third-order valence-corrected chi connectivity index (χ3v) is 5.07. The molecule has 2 fully saturated rings. The Kier molecular flexibility index (Phi) is 4.97. The number of rotatable bonds is 5. The summed E-state index contributed by atoms with van der Waals surface area (Å²) in [5, 5.41) is 0. The van der Waals surface area contributed by atoms with Crippen molar-refractivity contribution in [2.24, 2.45) is 0 Å². The lowest BCUT2D eigenvalue weighted by Gasteiger charge is -2.33. The van der Waals surface area contributed by atoms with E-state index in [0.29, 0.717) is 18.8 Å². The van der Waals surface area contributed by atoms with Crippen LogP contribution in [0.25, 0.3) is 0 Å². The first-order chi connectivity index (χ1) is 12.3. The molecule has 4 rings (SSSR count). The van der Waals surface area contributed by atoms with Gasteiger partial charge in [0.2, 0.25) is 0 Å². The average Bonchev–Trinajstić information content (AvgIpc) is 3.05. The number of hydrogen-bond acceptors (Lipinski definition) is 5. The number of ether oxygens (including phenoxy) is 2. The Bertz CT molecular complexity index is 694. The van der Waals surface area contributed by atoms with Gasteiger partial charge in [0.25, 0.3) is 0 Å². The summed E-state index contributed by atoms with van der Waals surface area (Å²) < 4.78 is 11.8. The number of likely N-dealkylation sites (tertiary alicyclic amines) is 1. The van der Waals surface area contributed by atoms with Gasteiger partial charge in [-0.05, 0) is 36.9 Å². The van der Waals surface area contributed by atoms with Gasteiger partial charge < -0.3 is 9.47 Å². The molecule has 0 spiro atoms.